The third kappa shape index (κ3) is 36.5. The quantitative estimate of drug-likeness (QED) is 0.0570. The molecule has 0 aliphatic carbocycles. The maximum absolute atomic E-state index is 12.3. The molecule has 2 atom stereocenters. The second-order valence-electron chi connectivity index (χ2n) is 15.1. The van der Waals surface area contributed by atoms with Gasteiger partial charge in [0.1, 0.15) is 0 Å². The number of rotatable bonds is 40. The number of nitrogens with one attached hydrogen (secondary N) is 1. The Morgan fingerprint density at radius 3 is 0.957 bits per heavy atom. The molecule has 0 aliphatic heterocycles. The van der Waals surface area contributed by atoms with E-state index in [1.807, 2.05) is 0 Å². The van der Waals surface area contributed by atoms with E-state index in [9.17, 15) is 15.0 Å². The Kier molecular flexibility index (Phi) is 39.3. The predicted molar refractivity (Wildman–Crippen MR) is 207 cm³/mol. The fourth-order valence-corrected chi connectivity index (χ4v) is 7.01. The topological polar surface area (TPSA) is 69.6 Å². The van der Waals surface area contributed by atoms with Gasteiger partial charge in [-0.15, -0.1) is 0 Å². The minimum absolute atomic E-state index is 0.0301. The van der Waals surface area contributed by atoms with Crippen LogP contribution in [0.2, 0.25) is 0 Å². The van der Waals surface area contributed by atoms with Gasteiger partial charge in [0.25, 0.3) is 0 Å². The van der Waals surface area contributed by atoms with Crippen molar-refractivity contribution in [1.82, 2.24) is 5.32 Å². The molecule has 4 heteroatoms. The lowest BCUT2D eigenvalue weighted by molar-refractivity contribution is -0.123. The molecular formula is C43H87NO3. The normalized spacial score (nSPS) is 12.9. The average Bonchev–Trinajstić information content (AvgIpc) is 3.07. The van der Waals surface area contributed by atoms with E-state index in [-0.39, 0.29) is 12.5 Å². The summed E-state index contributed by atoms with van der Waals surface area (Å²) in [5, 5.41) is 22.9. The summed E-state index contributed by atoms with van der Waals surface area (Å²) in [4.78, 5) is 12.3. The van der Waals surface area contributed by atoms with Crippen molar-refractivity contribution in [3.05, 3.63) is 0 Å². The number of aliphatic hydroxyl groups is 2. The molecule has 0 aliphatic rings. The summed E-state index contributed by atoms with van der Waals surface area (Å²) in [6.07, 6.45) is 47.8. The lowest BCUT2D eigenvalue weighted by atomic mass is 10.0. The van der Waals surface area contributed by atoms with Crippen molar-refractivity contribution < 1.29 is 15.0 Å². The van der Waals surface area contributed by atoms with Gasteiger partial charge in [0.2, 0.25) is 5.91 Å². The van der Waals surface area contributed by atoms with Gasteiger partial charge >= 0.3 is 0 Å². The third-order valence-corrected chi connectivity index (χ3v) is 10.4. The summed E-state index contributed by atoms with van der Waals surface area (Å²) in [5.41, 5.74) is 0. The van der Waals surface area contributed by atoms with E-state index in [4.69, 9.17) is 0 Å². The van der Waals surface area contributed by atoms with Crippen LogP contribution in [-0.2, 0) is 4.79 Å². The van der Waals surface area contributed by atoms with Gasteiger partial charge in [-0.2, -0.15) is 0 Å². The van der Waals surface area contributed by atoms with Gasteiger partial charge in [-0.05, 0) is 12.8 Å². The molecule has 0 saturated carbocycles. The zero-order valence-electron chi connectivity index (χ0n) is 32.3. The van der Waals surface area contributed by atoms with E-state index in [2.05, 4.69) is 19.2 Å². The Balaban J connectivity index is 3.33. The monoisotopic (exact) mass is 666 g/mol. The number of amides is 1. The molecule has 0 bridgehead atoms. The van der Waals surface area contributed by atoms with Crippen molar-refractivity contribution in [3.63, 3.8) is 0 Å². The third-order valence-electron chi connectivity index (χ3n) is 10.4. The predicted octanol–water partition coefficient (Wildman–Crippen LogP) is 13.3. The van der Waals surface area contributed by atoms with Crippen LogP contribution in [0.3, 0.4) is 0 Å². The maximum atomic E-state index is 12.3. The second kappa shape index (κ2) is 39.8. The van der Waals surface area contributed by atoms with Crippen LogP contribution in [-0.4, -0.2) is 34.9 Å². The van der Waals surface area contributed by atoms with Crippen molar-refractivity contribution in [2.24, 2.45) is 0 Å². The fraction of sp³-hybridized carbons (Fsp3) is 0.977. The van der Waals surface area contributed by atoms with Gasteiger partial charge < -0.3 is 15.5 Å². The number of aliphatic hydroxyl groups excluding tert-OH is 2. The van der Waals surface area contributed by atoms with E-state index in [0.717, 1.165) is 25.7 Å². The average molecular weight is 666 g/mol. The van der Waals surface area contributed by atoms with E-state index in [0.29, 0.717) is 12.8 Å². The van der Waals surface area contributed by atoms with E-state index < -0.39 is 12.1 Å². The highest BCUT2D eigenvalue weighted by molar-refractivity contribution is 5.76. The molecule has 0 saturated heterocycles. The molecular weight excluding hydrogens is 578 g/mol. The van der Waals surface area contributed by atoms with Gasteiger partial charge in [0.05, 0.1) is 18.8 Å². The van der Waals surface area contributed by atoms with Crippen LogP contribution in [0.1, 0.15) is 251 Å². The Morgan fingerprint density at radius 2 is 0.681 bits per heavy atom. The lowest BCUT2D eigenvalue weighted by Crippen LogP contribution is -2.45. The molecule has 0 heterocycles. The van der Waals surface area contributed by atoms with Crippen LogP contribution in [0.5, 0.6) is 0 Å². The molecule has 47 heavy (non-hydrogen) atoms. The van der Waals surface area contributed by atoms with Gasteiger partial charge in [-0.3, -0.25) is 4.79 Å². The molecule has 0 aromatic heterocycles. The van der Waals surface area contributed by atoms with E-state index in [1.54, 1.807) is 0 Å². The highest BCUT2D eigenvalue weighted by atomic mass is 16.3. The van der Waals surface area contributed by atoms with Crippen molar-refractivity contribution in [1.29, 1.82) is 0 Å². The Bertz CT molecular complexity index is 598. The molecule has 4 nitrogen and oxygen atoms in total. The minimum Gasteiger partial charge on any atom is -0.394 e. The van der Waals surface area contributed by atoms with Crippen molar-refractivity contribution in [2.75, 3.05) is 6.61 Å². The van der Waals surface area contributed by atoms with Crippen LogP contribution >= 0.6 is 0 Å². The molecule has 0 spiro atoms. The van der Waals surface area contributed by atoms with Crippen LogP contribution in [0, 0.1) is 0 Å². The highest BCUT2D eigenvalue weighted by Crippen LogP contribution is 2.17. The minimum atomic E-state index is -0.650. The first kappa shape index (κ1) is 46.4. The first-order chi connectivity index (χ1) is 23.2. The molecule has 3 N–H and O–H groups in total. The Hall–Kier alpha value is -0.610. The first-order valence-corrected chi connectivity index (χ1v) is 21.7. The van der Waals surface area contributed by atoms with Gasteiger partial charge in [-0.25, -0.2) is 0 Å². The summed E-state index contributed by atoms with van der Waals surface area (Å²) < 4.78 is 0. The number of carbonyl (C=O) groups is 1. The smallest absolute Gasteiger partial charge is 0.220 e. The molecule has 2 unspecified atom stereocenters. The molecule has 282 valence electrons. The fourth-order valence-electron chi connectivity index (χ4n) is 7.01. The van der Waals surface area contributed by atoms with Crippen molar-refractivity contribution in [3.8, 4) is 0 Å². The van der Waals surface area contributed by atoms with Crippen LogP contribution in [0.4, 0.5) is 0 Å². The van der Waals surface area contributed by atoms with Crippen LogP contribution in [0.15, 0.2) is 0 Å². The molecule has 0 rings (SSSR count). The number of unbranched alkanes of at least 4 members (excludes halogenated alkanes) is 33. The van der Waals surface area contributed by atoms with Gasteiger partial charge in [0, 0.05) is 6.42 Å². The summed E-state index contributed by atoms with van der Waals surface area (Å²) >= 11 is 0. The zero-order valence-corrected chi connectivity index (χ0v) is 32.3. The Labute approximate surface area is 295 Å². The van der Waals surface area contributed by atoms with Crippen molar-refractivity contribution >= 4 is 5.91 Å². The molecule has 0 aromatic carbocycles. The maximum Gasteiger partial charge on any atom is 0.220 e. The first-order valence-electron chi connectivity index (χ1n) is 21.7. The molecule has 1 amide bonds. The molecule has 0 radical (unpaired) electrons. The summed E-state index contributed by atoms with van der Waals surface area (Å²) in [5.74, 6) is -0.0301. The van der Waals surface area contributed by atoms with E-state index >= 15 is 0 Å². The van der Waals surface area contributed by atoms with Crippen LogP contribution < -0.4 is 5.32 Å². The summed E-state index contributed by atoms with van der Waals surface area (Å²) in [7, 11) is 0. The Morgan fingerprint density at radius 1 is 0.426 bits per heavy atom. The number of carbonyl (C=O) groups excluding carboxylic acids is 1. The summed E-state index contributed by atoms with van der Waals surface area (Å²) in [6, 6.07) is -0.526. The van der Waals surface area contributed by atoms with Gasteiger partial charge in [0.15, 0.2) is 0 Å². The number of hydrogen-bond donors (Lipinski definition) is 3. The largest absolute Gasteiger partial charge is 0.394 e. The van der Waals surface area contributed by atoms with Gasteiger partial charge in [-0.1, -0.05) is 232 Å². The number of hydrogen-bond acceptors (Lipinski definition) is 3. The van der Waals surface area contributed by atoms with Crippen molar-refractivity contribution in [2.45, 2.75) is 264 Å². The standard InChI is InChI=1S/C43H87NO3/c1-3-5-7-9-11-12-13-14-15-16-17-18-19-20-21-22-23-24-25-26-27-28-29-30-31-33-35-37-39-43(47)44-41(40-45)42(46)38-36-34-32-10-8-6-4-2/h41-42,45-46H,3-40H2,1-2H3,(H,44,47). The molecule has 0 fully saturated rings. The van der Waals surface area contributed by atoms with Crippen LogP contribution in [0.25, 0.3) is 0 Å². The SMILES string of the molecule is CCCCCCCCCCCCCCCCCCCCCCCCCCCCCCC(=O)NC(CO)C(O)CCCCCCCCC. The lowest BCUT2D eigenvalue weighted by Gasteiger charge is -2.22. The molecule has 0 aromatic rings. The summed E-state index contributed by atoms with van der Waals surface area (Å²) in [6.45, 7) is 4.33. The second-order valence-corrected chi connectivity index (χ2v) is 15.1. The van der Waals surface area contributed by atoms with E-state index in [1.165, 1.54) is 199 Å². The zero-order chi connectivity index (χ0) is 34.3. The highest BCUT2D eigenvalue weighted by Gasteiger charge is 2.20.